The van der Waals surface area contributed by atoms with E-state index >= 15 is 0 Å². The Morgan fingerprint density at radius 1 is 1.23 bits per heavy atom. The average Bonchev–Trinajstić information content (AvgIpc) is 3.44. The second kappa shape index (κ2) is 9.31. The van der Waals surface area contributed by atoms with Gasteiger partial charge >= 0.3 is 0 Å². The number of rotatable bonds is 6. The highest BCUT2D eigenvalue weighted by molar-refractivity contribution is 7.18. The molecule has 2 unspecified atom stereocenters. The fourth-order valence-electron chi connectivity index (χ4n) is 3.78. The molecule has 0 bridgehead atoms. The van der Waals surface area contributed by atoms with Gasteiger partial charge in [-0.15, -0.1) is 11.3 Å². The quantitative estimate of drug-likeness (QED) is 0.590. The van der Waals surface area contributed by atoms with Crippen LogP contribution in [0.3, 0.4) is 0 Å². The fourth-order valence-corrected chi connectivity index (χ4v) is 4.89. The molecule has 1 N–H and O–H groups in total. The highest BCUT2D eigenvalue weighted by Gasteiger charge is 2.34. The van der Waals surface area contributed by atoms with E-state index in [4.69, 9.17) is 9.72 Å². The highest BCUT2D eigenvalue weighted by Crippen LogP contribution is 2.36. The predicted molar refractivity (Wildman–Crippen MR) is 123 cm³/mol. The standard InChI is InChI=1S/C24H25N3O3S/c1-16(25-22(28)14-11-17-9-12-18(30-2)13-10-17)24(29)27-15-5-7-20(27)23-26-19-6-3-4-8-21(19)31-23/h3-4,6,8-14,16,20H,5,7,15H2,1-2H3,(H,25,28). The van der Waals surface area contributed by atoms with Gasteiger partial charge in [0, 0.05) is 12.6 Å². The third kappa shape index (κ3) is 4.77. The van der Waals surface area contributed by atoms with Gasteiger partial charge in [0.25, 0.3) is 0 Å². The molecule has 160 valence electrons. The number of nitrogens with zero attached hydrogens (tertiary/aromatic N) is 2. The summed E-state index contributed by atoms with van der Waals surface area (Å²) in [6.07, 6.45) is 4.99. The minimum Gasteiger partial charge on any atom is -0.497 e. The van der Waals surface area contributed by atoms with Crippen LogP contribution in [-0.4, -0.2) is 41.4 Å². The number of thiazole rings is 1. The number of hydrogen-bond acceptors (Lipinski definition) is 5. The summed E-state index contributed by atoms with van der Waals surface area (Å²) in [6.45, 7) is 2.41. The Kier molecular flexibility index (Phi) is 6.32. The average molecular weight is 436 g/mol. The molecule has 0 aliphatic carbocycles. The summed E-state index contributed by atoms with van der Waals surface area (Å²) >= 11 is 1.64. The van der Waals surface area contributed by atoms with E-state index in [1.807, 2.05) is 47.4 Å². The fraction of sp³-hybridized carbons (Fsp3) is 0.292. The molecule has 1 saturated heterocycles. The monoisotopic (exact) mass is 435 g/mol. The Balaban J connectivity index is 1.39. The number of carbonyl (C=O) groups excluding carboxylic acids is 2. The summed E-state index contributed by atoms with van der Waals surface area (Å²) in [6, 6.07) is 14.8. The van der Waals surface area contributed by atoms with Crippen LogP contribution in [0.25, 0.3) is 16.3 Å². The van der Waals surface area contributed by atoms with Crippen molar-refractivity contribution in [3.63, 3.8) is 0 Å². The minimum atomic E-state index is -0.608. The lowest BCUT2D eigenvalue weighted by Crippen LogP contribution is -2.46. The van der Waals surface area contributed by atoms with Crippen molar-refractivity contribution in [3.05, 3.63) is 65.2 Å². The van der Waals surface area contributed by atoms with Gasteiger partial charge in [-0.3, -0.25) is 9.59 Å². The van der Waals surface area contributed by atoms with Crippen LogP contribution in [0, 0.1) is 0 Å². The SMILES string of the molecule is COc1ccc(C=CC(=O)NC(C)C(=O)N2CCCC2c2nc3ccccc3s2)cc1. The van der Waals surface area contributed by atoms with Gasteiger partial charge in [-0.1, -0.05) is 24.3 Å². The van der Waals surface area contributed by atoms with E-state index in [1.165, 1.54) is 6.08 Å². The number of para-hydroxylation sites is 1. The summed E-state index contributed by atoms with van der Waals surface area (Å²) in [7, 11) is 1.61. The zero-order chi connectivity index (χ0) is 21.8. The van der Waals surface area contributed by atoms with Gasteiger partial charge in [-0.05, 0) is 55.7 Å². The molecule has 2 atom stereocenters. The molecule has 2 aromatic carbocycles. The second-order valence-electron chi connectivity index (χ2n) is 7.55. The van der Waals surface area contributed by atoms with Crippen LogP contribution < -0.4 is 10.1 Å². The van der Waals surface area contributed by atoms with Crippen molar-refractivity contribution >= 4 is 39.4 Å². The number of hydrogen-bond donors (Lipinski definition) is 1. The Morgan fingerprint density at radius 2 is 2.00 bits per heavy atom. The number of carbonyl (C=O) groups is 2. The van der Waals surface area contributed by atoms with Crippen LogP contribution in [0.1, 0.15) is 36.4 Å². The van der Waals surface area contributed by atoms with Crippen LogP contribution in [0.5, 0.6) is 5.75 Å². The molecule has 7 heteroatoms. The Bertz CT molecular complexity index is 1070. The number of aromatic nitrogens is 1. The Labute approximate surface area is 185 Å². The third-order valence-electron chi connectivity index (χ3n) is 5.40. The zero-order valence-electron chi connectivity index (χ0n) is 17.6. The first-order valence-corrected chi connectivity index (χ1v) is 11.2. The first-order valence-electron chi connectivity index (χ1n) is 10.3. The van der Waals surface area contributed by atoms with E-state index in [0.29, 0.717) is 6.54 Å². The van der Waals surface area contributed by atoms with E-state index in [0.717, 1.165) is 39.4 Å². The topological polar surface area (TPSA) is 71.5 Å². The molecule has 3 aromatic rings. The van der Waals surface area contributed by atoms with E-state index in [1.54, 1.807) is 31.4 Å². The first kappa shape index (κ1) is 21.1. The van der Waals surface area contributed by atoms with Gasteiger partial charge in [0.1, 0.15) is 16.8 Å². The number of likely N-dealkylation sites (tertiary alicyclic amines) is 1. The lowest BCUT2D eigenvalue weighted by atomic mass is 10.2. The summed E-state index contributed by atoms with van der Waals surface area (Å²) in [5.41, 5.74) is 1.84. The zero-order valence-corrected chi connectivity index (χ0v) is 18.4. The van der Waals surface area contributed by atoms with Crippen molar-refractivity contribution in [2.75, 3.05) is 13.7 Å². The summed E-state index contributed by atoms with van der Waals surface area (Å²) in [5.74, 6) is 0.384. The molecule has 1 fully saturated rings. The molecule has 31 heavy (non-hydrogen) atoms. The Hall–Kier alpha value is -3.19. The normalized spacial score (nSPS) is 17.2. The van der Waals surface area contributed by atoms with E-state index < -0.39 is 6.04 Å². The van der Waals surface area contributed by atoms with Crippen LogP contribution in [0.2, 0.25) is 0 Å². The van der Waals surface area contributed by atoms with Gasteiger partial charge in [0.05, 0.1) is 23.4 Å². The second-order valence-corrected chi connectivity index (χ2v) is 8.61. The lowest BCUT2D eigenvalue weighted by molar-refractivity contribution is -0.136. The summed E-state index contributed by atoms with van der Waals surface area (Å²) < 4.78 is 6.26. The van der Waals surface area contributed by atoms with Crippen molar-refractivity contribution in [3.8, 4) is 5.75 Å². The first-order chi connectivity index (χ1) is 15.0. The van der Waals surface area contributed by atoms with Crippen molar-refractivity contribution < 1.29 is 14.3 Å². The number of nitrogens with one attached hydrogen (secondary N) is 1. The van der Waals surface area contributed by atoms with E-state index in [-0.39, 0.29) is 17.9 Å². The molecule has 1 aromatic heterocycles. The van der Waals surface area contributed by atoms with Gasteiger partial charge in [0.2, 0.25) is 11.8 Å². The van der Waals surface area contributed by atoms with E-state index in [2.05, 4.69) is 11.4 Å². The maximum atomic E-state index is 13.1. The molecule has 1 aliphatic rings. The lowest BCUT2D eigenvalue weighted by Gasteiger charge is -2.26. The molecule has 6 nitrogen and oxygen atoms in total. The number of methoxy groups -OCH3 is 1. The van der Waals surface area contributed by atoms with Crippen LogP contribution in [0.4, 0.5) is 0 Å². The van der Waals surface area contributed by atoms with Gasteiger partial charge in [-0.25, -0.2) is 4.98 Å². The third-order valence-corrected chi connectivity index (χ3v) is 6.54. The summed E-state index contributed by atoms with van der Waals surface area (Å²) in [5, 5.41) is 3.75. The molecular formula is C24H25N3O3S. The Morgan fingerprint density at radius 3 is 2.74 bits per heavy atom. The molecule has 2 heterocycles. The smallest absolute Gasteiger partial charge is 0.245 e. The predicted octanol–water partition coefficient (Wildman–Crippen LogP) is 4.19. The number of fused-ring (bicyclic) bond motifs is 1. The van der Waals surface area contributed by atoms with Crippen molar-refractivity contribution in [2.45, 2.75) is 31.8 Å². The van der Waals surface area contributed by atoms with Crippen LogP contribution in [-0.2, 0) is 9.59 Å². The van der Waals surface area contributed by atoms with Crippen LogP contribution >= 0.6 is 11.3 Å². The van der Waals surface area contributed by atoms with Gasteiger partial charge < -0.3 is 15.0 Å². The molecule has 4 rings (SSSR count). The van der Waals surface area contributed by atoms with E-state index in [9.17, 15) is 9.59 Å². The van der Waals surface area contributed by atoms with Gasteiger partial charge in [-0.2, -0.15) is 0 Å². The number of benzene rings is 2. The highest BCUT2D eigenvalue weighted by atomic mass is 32.1. The number of ether oxygens (including phenoxy) is 1. The maximum Gasteiger partial charge on any atom is 0.245 e. The molecule has 0 saturated carbocycles. The van der Waals surface area contributed by atoms with Crippen molar-refractivity contribution in [1.29, 1.82) is 0 Å². The minimum absolute atomic E-state index is 0.0286. The summed E-state index contributed by atoms with van der Waals surface area (Å²) in [4.78, 5) is 32.0. The molecular weight excluding hydrogens is 410 g/mol. The van der Waals surface area contributed by atoms with Crippen molar-refractivity contribution in [1.82, 2.24) is 15.2 Å². The van der Waals surface area contributed by atoms with Gasteiger partial charge in [0.15, 0.2) is 0 Å². The molecule has 1 aliphatic heterocycles. The largest absolute Gasteiger partial charge is 0.497 e. The van der Waals surface area contributed by atoms with Crippen molar-refractivity contribution in [2.24, 2.45) is 0 Å². The molecule has 0 spiro atoms. The number of amides is 2. The van der Waals surface area contributed by atoms with Crippen LogP contribution in [0.15, 0.2) is 54.6 Å². The molecule has 0 radical (unpaired) electrons. The molecule has 2 amide bonds. The maximum absolute atomic E-state index is 13.1.